The van der Waals surface area contributed by atoms with Gasteiger partial charge >= 0.3 is 6.29 Å². The molecule has 2 aliphatic rings. The van der Waals surface area contributed by atoms with E-state index in [1.807, 2.05) is 6.92 Å². The normalized spacial score (nSPS) is 17.0. The van der Waals surface area contributed by atoms with Crippen LogP contribution in [-0.4, -0.2) is 23.3 Å². The van der Waals surface area contributed by atoms with E-state index in [0.717, 1.165) is 11.6 Å². The summed E-state index contributed by atoms with van der Waals surface area (Å²) in [4.78, 5) is 28.9. The van der Waals surface area contributed by atoms with Gasteiger partial charge in [-0.25, -0.2) is 4.39 Å². The van der Waals surface area contributed by atoms with Gasteiger partial charge in [-0.3, -0.25) is 14.6 Å². The Morgan fingerprint density at radius 1 is 1.06 bits per heavy atom. The number of alkyl halides is 2. The van der Waals surface area contributed by atoms with Gasteiger partial charge in [0.15, 0.2) is 11.5 Å². The second-order valence-electron chi connectivity index (χ2n) is 8.37. The Hall–Kier alpha value is -3.68. The molecule has 1 aromatic heterocycles. The van der Waals surface area contributed by atoms with Gasteiger partial charge in [0, 0.05) is 23.2 Å². The number of pyridine rings is 1. The Kier molecular flexibility index (Phi) is 4.77. The number of nitrogens with zero attached hydrogens (tertiary/aromatic N) is 1. The van der Waals surface area contributed by atoms with Crippen LogP contribution in [-0.2, 0) is 16.6 Å². The first kappa shape index (κ1) is 21.2. The van der Waals surface area contributed by atoms with Crippen molar-refractivity contribution in [1.82, 2.24) is 4.98 Å². The third kappa shape index (κ3) is 3.86. The summed E-state index contributed by atoms with van der Waals surface area (Å²) in [5.74, 6) is -0.808. The largest absolute Gasteiger partial charge is 0.586 e. The monoisotopic (exact) mass is 453 g/mol. The van der Waals surface area contributed by atoms with E-state index in [1.165, 1.54) is 18.2 Å². The number of aryl methyl sites for hydroxylation is 1. The zero-order valence-corrected chi connectivity index (χ0v) is 17.5. The second kappa shape index (κ2) is 7.43. The molecule has 0 unspecified atom stereocenters. The summed E-state index contributed by atoms with van der Waals surface area (Å²) < 4.78 is 49.6. The predicted molar refractivity (Wildman–Crippen MR) is 112 cm³/mol. The quantitative estimate of drug-likeness (QED) is 0.482. The molecule has 168 valence electrons. The topological polar surface area (TPSA) is 65.5 Å². The SMILES string of the molecule is Cc1ccc(CC(=O)C2(c3ccc4c(c3)OC(F)(F)O4)CC2)nc1-c1cc(F)cc(C=O)c1. The third-order valence-electron chi connectivity index (χ3n) is 6.06. The number of rotatable bonds is 6. The Balaban J connectivity index is 1.42. The maximum Gasteiger partial charge on any atom is 0.586 e. The minimum absolute atomic E-state index is 0.0216. The smallest absolute Gasteiger partial charge is 0.395 e. The lowest BCUT2D eigenvalue weighted by Crippen LogP contribution is -2.26. The lowest BCUT2D eigenvalue weighted by molar-refractivity contribution is -0.286. The van der Waals surface area contributed by atoms with Crippen molar-refractivity contribution < 1.29 is 32.2 Å². The molecule has 1 aliphatic carbocycles. The highest BCUT2D eigenvalue weighted by Gasteiger charge is 2.52. The van der Waals surface area contributed by atoms with Crippen molar-refractivity contribution in [3.63, 3.8) is 0 Å². The molecule has 0 spiro atoms. The van der Waals surface area contributed by atoms with Crippen molar-refractivity contribution in [2.24, 2.45) is 0 Å². The molecule has 0 saturated heterocycles. The highest BCUT2D eigenvalue weighted by atomic mass is 19.3. The van der Waals surface area contributed by atoms with Crippen LogP contribution in [0.2, 0.25) is 0 Å². The third-order valence-corrected chi connectivity index (χ3v) is 6.06. The molecule has 2 aromatic carbocycles. The van der Waals surface area contributed by atoms with Crippen LogP contribution in [0.15, 0.2) is 48.5 Å². The molecule has 5 nitrogen and oxygen atoms in total. The van der Waals surface area contributed by atoms with E-state index in [9.17, 15) is 22.8 Å². The number of halogens is 3. The molecule has 0 radical (unpaired) electrons. The number of ether oxygens (including phenoxy) is 2. The summed E-state index contributed by atoms with van der Waals surface area (Å²) >= 11 is 0. The van der Waals surface area contributed by atoms with Crippen LogP contribution in [0.1, 0.15) is 40.0 Å². The Morgan fingerprint density at radius 3 is 2.55 bits per heavy atom. The molecule has 1 saturated carbocycles. The molecular formula is C25H18F3NO4. The first-order chi connectivity index (χ1) is 15.7. The van der Waals surface area contributed by atoms with Crippen LogP contribution in [0.5, 0.6) is 11.5 Å². The zero-order valence-electron chi connectivity index (χ0n) is 17.5. The minimum Gasteiger partial charge on any atom is -0.395 e. The average molecular weight is 453 g/mol. The molecule has 5 rings (SSSR count). The van der Waals surface area contributed by atoms with Gasteiger partial charge in [0.25, 0.3) is 0 Å². The number of benzene rings is 2. The molecule has 0 amide bonds. The first-order valence-electron chi connectivity index (χ1n) is 10.4. The van der Waals surface area contributed by atoms with Crippen LogP contribution in [0.4, 0.5) is 13.2 Å². The Labute approximate surface area is 187 Å². The van der Waals surface area contributed by atoms with Gasteiger partial charge in [0.2, 0.25) is 0 Å². The Morgan fingerprint density at radius 2 is 1.82 bits per heavy atom. The molecule has 0 atom stereocenters. The van der Waals surface area contributed by atoms with E-state index in [1.54, 1.807) is 24.3 Å². The number of ketones is 1. The lowest BCUT2D eigenvalue weighted by Gasteiger charge is -2.16. The minimum atomic E-state index is -3.72. The Bertz CT molecular complexity index is 1300. The van der Waals surface area contributed by atoms with E-state index in [-0.39, 0.29) is 29.3 Å². The fourth-order valence-corrected chi connectivity index (χ4v) is 4.21. The van der Waals surface area contributed by atoms with Gasteiger partial charge in [-0.05, 0) is 67.3 Å². The molecule has 8 heteroatoms. The van der Waals surface area contributed by atoms with Crippen molar-refractivity contribution in [2.75, 3.05) is 0 Å². The van der Waals surface area contributed by atoms with E-state index >= 15 is 0 Å². The lowest BCUT2D eigenvalue weighted by atomic mass is 9.88. The van der Waals surface area contributed by atoms with Crippen LogP contribution < -0.4 is 9.47 Å². The van der Waals surface area contributed by atoms with Crippen LogP contribution in [0, 0.1) is 12.7 Å². The number of aldehydes is 1. The number of hydrogen-bond acceptors (Lipinski definition) is 5. The number of carbonyl (C=O) groups is 2. The highest BCUT2D eigenvalue weighted by Crippen LogP contribution is 2.52. The van der Waals surface area contributed by atoms with E-state index < -0.39 is 17.5 Å². The molecule has 33 heavy (non-hydrogen) atoms. The number of fused-ring (bicyclic) bond motifs is 1. The van der Waals surface area contributed by atoms with Crippen molar-refractivity contribution in [2.45, 2.75) is 37.9 Å². The molecule has 1 fully saturated rings. The zero-order chi connectivity index (χ0) is 23.4. The predicted octanol–water partition coefficient (Wildman–Crippen LogP) is 5.17. The van der Waals surface area contributed by atoms with Gasteiger partial charge < -0.3 is 9.47 Å². The number of aromatic nitrogens is 1. The fraction of sp³-hybridized carbons (Fsp3) is 0.240. The standard InChI is InChI=1S/C25H18F3NO4/c1-14-2-4-19(29-23(14)16-8-15(13-30)9-18(26)10-16)12-22(31)24(6-7-24)17-3-5-20-21(11-17)33-25(27,28)32-20/h2-5,8-11,13H,6-7,12H2,1H3. The summed E-state index contributed by atoms with van der Waals surface area (Å²) in [6.45, 7) is 1.81. The van der Waals surface area contributed by atoms with Crippen molar-refractivity contribution in [3.8, 4) is 22.8 Å². The summed E-state index contributed by atoms with van der Waals surface area (Å²) in [7, 11) is 0. The fourth-order valence-electron chi connectivity index (χ4n) is 4.21. The molecular weight excluding hydrogens is 435 g/mol. The summed E-state index contributed by atoms with van der Waals surface area (Å²) in [6, 6.07) is 11.9. The first-order valence-corrected chi connectivity index (χ1v) is 10.4. The molecule has 0 bridgehead atoms. The van der Waals surface area contributed by atoms with Crippen molar-refractivity contribution in [1.29, 1.82) is 0 Å². The second-order valence-corrected chi connectivity index (χ2v) is 8.37. The van der Waals surface area contributed by atoms with Gasteiger partial charge in [0.1, 0.15) is 17.9 Å². The average Bonchev–Trinajstić information content (AvgIpc) is 3.51. The van der Waals surface area contributed by atoms with E-state index in [4.69, 9.17) is 0 Å². The van der Waals surface area contributed by atoms with Crippen LogP contribution in [0.3, 0.4) is 0 Å². The van der Waals surface area contributed by atoms with Gasteiger partial charge in [-0.15, -0.1) is 8.78 Å². The molecule has 3 aromatic rings. The maximum absolute atomic E-state index is 13.9. The van der Waals surface area contributed by atoms with Crippen molar-refractivity contribution in [3.05, 3.63) is 76.7 Å². The summed E-state index contributed by atoms with van der Waals surface area (Å²) in [5.41, 5.74) is 2.20. The summed E-state index contributed by atoms with van der Waals surface area (Å²) in [5, 5.41) is 0. The molecule has 1 aliphatic heterocycles. The van der Waals surface area contributed by atoms with Gasteiger partial charge in [-0.1, -0.05) is 12.1 Å². The molecule has 2 heterocycles. The van der Waals surface area contributed by atoms with E-state index in [2.05, 4.69) is 14.5 Å². The highest BCUT2D eigenvalue weighted by molar-refractivity contribution is 5.94. The van der Waals surface area contributed by atoms with E-state index in [0.29, 0.717) is 41.6 Å². The van der Waals surface area contributed by atoms with Crippen molar-refractivity contribution >= 4 is 12.1 Å². The number of Topliss-reactive ketones (excluding diaryl/α,β-unsaturated/α-hetero) is 1. The summed E-state index contributed by atoms with van der Waals surface area (Å²) in [6.07, 6.45) is -1.95. The maximum atomic E-state index is 13.9. The van der Waals surface area contributed by atoms with Crippen LogP contribution in [0.25, 0.3) is 11.3 Å². The van der Waals surface area contributed by atoms with Gasteiger partial charge in [-0.2, -0.15) is 0 Å². The molecule has 0 N–H and O–H groups in total. The van der Waals surface area contributed by atoms with Gasteiger partial charge in [0.05, 0.1) is 11.1 Å². The number of carbonyl (C=O) groups excluding carboxylic acids is 2. The van der Waals surface area contributed by atoms with Crippen LogP contribution >= 0.6 is 0 Å². The number of hydrogen-bond donors (Lipinski definition) is 0.